The van der Waals surface area contributed by atoms with Gasteiger partial charge < -0.3 is 20.5 Å². The summed E-state index contributed by atoms with van der Waals surface area (Å²) in [4.78, 5) is 36.0. The molecule has 2 aromatic rings. The lowest BCUT2D eigenvalue weighted by Gasteiger charge is -2.28. The van der Waals surface area contributed by atoms with Gasteiger partial charge in [-0.25, -0.2) is 9.59 Å². The molecule has 0 aromatic heterocycles. The highest BCUT2D eigenvalue weighted by molar-refractivity contribution is 5.84. The van der Waals surface area contributed by atoms with Gasteiger partial charge in [-0.2, -0.15) is 0 Å². The van der Waals surface area contributed by atoms with Gasteiger partial charge in [-0.3, -0.25) is 4.79 Å². The molecule has 0 spiro atoms. The van der Waals surface area contributed by atoms with Gasteiger partial charge in [0.1, 0.15) is 12.6 Å². The Hall–Kier alpha value is -3.35. The number of carboxylic acid groups (broad SMARTS) is 1. The Balaban J connectivity index is 1.54. The third kappa shape index (κ3) is 5.28. The zero-order valence-electron chi connectivity index (χ0n) is 18.8. The van der Waals surface area contributed by atoms with Crippen LogP contribution in [0, 0.1) is 5.41 Å². The number of hydrogen-bond acceptors (Lipinski definition) is 4. The standard InChI is InChI=1S/C25H30N2O5/c1-15(13-21(28)27-22(23(29)30)25(2,3)4)26-24(31)32-14-20-18-11-7-5-9-16(18)17-10-6-8-12-19(17)20/h5-12,15,20,22H,13-14H2,1-4H3,(H,26,31)(H,27,28)(H,29,30)/t15?,22-/m0/s1. The number of alkyl carbamates (subject to hydrolysis) is 1. The summed E-state index contributed by atoms with van der Waals surface area (Å²) in [6.45, 7) is 7.08. The van der Waals surface area contributed by atoms with Crippen molar-refractivity contribution in [2.75, 3.05) is 6.61 Å². The van der Waals surface area contributed by atoms with Gasteiger partial charge in [0.2, 0.25) is 5.91 Å². The average molecular weight is 439 g/mol. The van der Waals surface area contributed by atoms with Gasteiger partial charge in [0.05, 0.1) is 0 Å². The molecule has 0 radical (unpaired) electrons. The zero-order valence-corrected chi connectivity index (χ0v) is 18.8. The number of nitrogens with one attached hydrogen (secondary N) is 2. The minimum atomic E-state index is -1.09. The molecular formula is C25H30N2O5. The number of fused-ring (bicyclic) bond motifs is 3. The lowest BCUT2D eigenvalue weighted by molar-refractivity contribution is -0.145. The van der Waals surface area contributed by atoms with E-state index in [4.69, 9.17) is 4.74 Å². The maximum atomic E-state index is 12.3. The van der Waals surface area contributed by atoms with Gasteiger partial charge in [0.25, 0.3) is 0 Å². The first-order chi connectivity index (χ1) is 15.1. The van der Waals surface area contributed by atoms with Gasteiger partial charge in [0.15, 0.2) is 0 Å². The molecular weight excluding hydrogens is 408 g/mol. The van der Waals surface area contributed by atoms with E-state index >= 15 is 0 Å². The molecule has 1 aliphatic rings. The Bertz CT molecular complexity index is 966. The van der Waals surface area contributed by atoms with Crippen LogP contribution in [0.25, 0.3) is 11.1 Å². The van der Waals surface area contributed by atoms with Crippen molar-refractivity contribution in [1.82, 2.24) is 10.6 Å². The summed E-state index contributed by atoms with van der Waals surface area (Å²) >= 11 is 0. The van der Waals surface area contributed by atoms with Crippen LogP contribution in [0.3, 0.4) is 0 Å². The SMILES string of the molecule is CC(CC(=O)N[C@@H](C(=O)O)C(C)(C)C)NC(=O)OCC1c2ccccc2-c2ccccc21. The smallest absolute Gasteiger partial charge is 0.407 e. The highest BCUT2D eigenvalue weighted by Crippen LogP contribution is 2.44. The summed E-state index contributed by atoms with van der Waals surface area (Å²) in [5.74, 6) is -1.59. The van der Waals surface area contributed by atoms with Gasteiger partial charge in [-0.15, -0.1) is 0 Å². The second kappa shape index (κ2) is 9.42. The molecule has 2 amide bonds. The van der Waals surface area contributed by atoms with Gasteiger partial charge in [0, 0.05) is 18.4 Å². The van der Waals surface area contributed by atoms with Crippen LogP contribution in [0.2, 0.25) is 0 Å². The van der Waals surface area contributed by atoms with E-state index in [-0.39, 0.29) is 18.9 Å². The fourth-order valence-electron chi connectivity index (χ4n) is 4.04. The molecule has 0 saturated heterocycles. The van der Waals surface area contributed by atoms with E-state index in [2.05, 4.69) is 22.8 Å². The van der Waals surface area contributed by atoms with Crippen LogP contribution < -0.4 is 10.6 Å². The first kappa shape index (κ1) is 23.3. The maximum Gasteiger partial charge on any atom is 0.407 e. The van der Waals surface area contributed by atoms with Crippen molar-refractivity contribution in [2.24, 2.45) is 5.41 Å². The predicted molar refractivity (Wildman–Crippen MR) is 121 cm³/mol. The summed E-state index contributed by atoms with van der Waals surface area (Å²) in [7, 11) is 0. The molecule has 170 valence electrons. The normalized spacial score (nSPS) is 14.6. The Labute approximate surface area is 188 Å². The van der Waals surface area contributed by atoms with E-state index < -0.39 is 35.5 Å². The van der Waals surface area contributed by atoms with Crippen molar-refractivity contribution in [3.8, 4) is 11.1 Å². The molecule has 0 aliphatic heterocycles. The van der Waals surface area contributed by atoms with E-state index in [0.29, 0.717) is 0 Å². The summed E-state index contributed by atoms with van der Waals surface area (Å²) in [5.41, 5.74) is 3.90. The fourth-order valence-corrected chi connectivity index (χ4v) is 4.04. The topological polar surface area (TPSA) is 105 Å². The molecule has 0 fully saturated rings. The number of ether oxygens (including phenoxy) is 1. The maximum absolute atomic E-state index is 12.3. The van der Waals surface area contributed by atoms with Crippen molar-refractivity contribution in [3.05, 3.63) is 59.7 Å². The van der Waals surface area contributed by atoms with E-state index in [1.54, 1.807) is 27.7 Å². The predicted octanol–water partition coefficient (Wildman–Crippen LogP) is 3.92. The monoisotopic (exact) mass is 438 g/mol. The van der Waals surface area contributed by atoms with E-state index in [1.807, 2.05) is 36.4 Å². The van der Waals surface area contributed by atoms with Crippen molar-refractivity contribution < 1.29 is 24.2 Å². The summed E-state index contributed by atoms with van der Waals surface area (Å²) < 4.78 is 5.49. The number of hydrogen-bond donors (Lipinski definition) is 3. The number of aliphatic carboxylic acids is 1. The van der Waals surface area contributed by atoms with Crippen molar-refractivity contribution >= 4 is 18.0 Å². The lowest BCUT2D eigenvalue weighted by atomic mass is 9.86. The Morgan fingerprint density at radius 3 is 2.00 bits per heavy atom. The Morgan fingerprint density at radius 2 is 1.50 bits per heavy atom. The molecule has 1 unspecified atom stereocenters. The second-order valence-corrected chi connectivity index (χ2v) is 9.28. The third-order valence-electron chi connectivity index (χ3n) is 5.62. The number of carbonyl (C=O) groups excluding carboxylic acids is 2. The third-order valence-corrected chi connectivity index (χ3v) is 5.62. The summed E-state index contributed by atoms with van der Waals surface area (Å²) in [6.07, 6.45) is -0.665. The largest absolute Gasteiger partial charge is 0.480 e. The van der Waals surface area contributed by atoms with Gasteiger partial charge in [-0.1, -0.05) is 69.3 Å². The second-order valence-electron chi connectivity index (χ2n) is 9.28. The first-order valence-corrected chi connectivity index (χ1v) is 10.7. The zero-order chi connectivity index (χ0) is 23.5. The van der Waals surface area contributed by atoms with Crippen LogP contribution in [-0.2, 0) is 14.3 Å². The van der Waals surface area contributed by atoms with E-state index in [0.717, 1.165) is 22.3 Å². The molecule has 0 heterocycles. The van der Waals surface area contributed by atoms with Crippen molar-refractivity contribution in [1.29, 1.82) is 0 Å². The average Bonchev–Trinajstić information content (AvgIpc) is 3.03. The van der Waals surface area contributed by atoms with Crippen LogP contribution in [0.4, 0.5) is 4.79 Å². The van der Waals surface area contributed by atoms with Crippen molar-refractivity contribution in [2.45, 2.75) is 52.1 Å². The molecule has 0 bridgehead atoms. The molecule has 32 heavy (non-hydrogen) atoms. The number of carbonyl (C=O) groups is 3. The van der Waals surface area contributed by atoms with Crippen molar-refractivity contribution in [3.63, 3.8) is 0 Å². The van der Waals surface area contributed by atoms with Crippen LogP contribution in [0.15, 0.2) is 48.5 Å². The van der Waals surface area contributed by atoms with E-state index in [9.17, 15) is 19.5 Å². The highest BCUT2D eigenvalue weighted by Gasteiger charge is 2.33. The van der Waals surface area contributed by atoms with Crippen LogP contribution in [0.1, 0.15) is 51.2 Å². The number of benzene rings is 2. The molecule has 7 heteroatoms. The first-order valence-electron chi connectivity index (χ1n) is 10.7. The molecule has 3 rings (SSSR count). The Morgan fingerprint density at radius 1 is 0.969 bits per heavy atom. The molecule has 7 nitrogen and oxygen atoms in total. The van der Waals surface area contributed by atoms with Crippen LogP contribution in [-0.4, -0.2) is 41.8 Å². The fraction of sp³-hybridized carbons (Fsp3) is 0.400. The molecule has 1 aliphatic carbocycles. The molecule has 2 aromatic carbocycles. The minimum Gasteiger partial charge on any atom is -0.480 e. The Kier molecular flexibility index (Phi) is 6.87. The summed E-state index contributed by atoms with van der Waals surface area (Å²) in [6, 6.07) is 14.6. The number of amides is 2. The highest BCUT2D eigenvalue weighted by atomic mass is 16.5. The number of rotatable bonds is 7. The minimum absolute atomic E-state index is 0.0464. The van der Waals surface area contributed by atoms with E-state index in [1.165, 1.54) is 0 Å². The summed E-state index contributed by atoms with van der Waals surface area (Å²) in [5, 5.41) is 14.5. The molecule has 2 atom stereocenters. The van der Waals surface area contributed by atoms with Gasteiger partial charge >= 0.3 is 12.1 Å². The van der Waals surface area contributed by atoms with Crippen LogP contribution >= 0.6 is 0 Å². The number of carboxylic acids is 1. The van der Waals surface area contributed by atoms with Gasteiger partial charge in [-0.05, 0) is 34.6 Å². The quantitative estimate of drug-likeness (QED) is 0.608. The molecule has 0 saturated carbocycles. The lowest BCUT2D eigenvalue weighted by Crippen LogP contribution is -2.50. The molecule has 3 N–H and O–H groups in total. The van der Waals surface area contributed by atoms with Crippen LogP contribution in [0.5, 0.6) is 0 Å².